The number of methoxy groups -OCH3 is 1. The first-order valence-electron chi connectivity index (χ1n) is 1.04. The van der Waals surface area contributed by atoms with Crippen LogP contribution in [0.15, 0.2) is 0 Å². The minimum Gasteiger partial charge on any atom is -0.482 e. The molecule has 1 nitrogen and oxygen atoms in total. The Balaban J connectivity index is 0. The average molecular weight is 252 g/mol. The van der Waals surface area contributed by atoms with E-state index in [0.717, 1.165) is 0 Å². The van der Waals surface area contributed by atoms with Crippen molar-refractivity contribution >= 4 is 29.2 Å². The van der Waals surface area contributed by atoms with E-state index in [1.807, 2.05) is 0 Å². The second kappa shape index (κ2) is 6.59. The van der Waals surface area contributed by atoms with Crippen LogP contribution in [0.4, 0.5) is 0 Å². The van der Waals surface area contributed by atoms with Crippen molar-refractivity contribution in [2.45, 2.75) is 0 Å². The quantitative estimate of drug-likeness (QED) is 0.505. The van der Waals surface area contributed by atoms with Crippen LogP contribution in [0.2, 0.25) is 0 Å². The van der Waals surface area contributed by atoms with Gasteiger partial charge in [0.25, 0.3) is 0 Å². The Hall–Kier alpha value is 1.59. The summed E-state index contributed by atoms with van der Waals surface area (Å²) in [6.45, 7) is 0. The number of rotatable bonds is 0. The van der Waals surface area contributed by atoms with E-state index in [2.05, 4.69) is 29.6 Å². The van der Waals surface area contributed by atoms with Gasteiger partial charge in [0.05, 0.1) is 7.11 Å². The summed E-state index contributed by atoms with van der Waals surface area (Å²) in [4.78, 5) is 0. The van der Waals surface area contributed by atoms with Crippen LogP contribution in [0.5, 0.6) is 0 Å². The molecule has 4 heteroatoms. The molecule has 0 atom stereocenters. The van der Waals surface area contributed by atoms with E-state index in [4.69, 9.17) is 0 Å². The maximum absolute atomic E-state index is 4.35. The number of hydrogen-bond donors (Lipinski definition) is 1. The Morgan fingerprint density at radius 2 is 2.00 bits per heavy atom. The second-order valence-corrected chi connectivity index (χ2v) is 1.55. The molecule has 0 saturated carbocycles. The Morgan fingerprint density at radius 1 is 1.83 bits per heavy atom. The summed E-state index contributed by atoms with van der Waals surface area (Å²) in [6, 6.07) is 0. The molecule has 0 aromatic rings. The summed E-state index contributed by atoms with van der Waals surface area (Å²) in [7, 11) is 1.48. The van der Waals surface area contributed by atoms with Gasteiger partial charge in [0.1, 0.15) is 0 Å². The molecule has 0 rings (SSSR count). The Labute approximate surface area is 80.8 Å². The summed E-state index contributed by atoms with van der Waals surface area (Å²) in [6.07, 6.45) is 0. The van der Waals surface area contributed by atoms with Gasteiger partial charge >= 0.3 is 0 Å². The zero-order chi connectivity index (χ0) is 4.28. The van der Waals surface area contributed by atoms with Crippen molar-refractivity contribution in [2.75, 3.05) is 7.11 Å². The molecule has 6 heavy (non-hydrogen) atoms. The third kappa shape index (κ3) is 9.14. The maximum atomic E-state index is 4.35. The van der Waals surface area contributed by atoms with Crippen molar-refractivity contribution in [1.82, 2.24) is 0 Å². The van der Waals surface area contributed by atoms with Gasteiger partial charge in [-0.15, -0.1) is 0 Å². The van der Waals surface area contributed by atoms with Crippen molar-refractivity contribution in [3.05, 3.63) is 0 Å². The van der Waals surface area contributed by atoms with Crippen molar-refractivity contribution < 1.29 is 45.6 Å². The molecular weight excluding hydrogens is 248 g/mol. The zero-order valence-corrected chi connectivity index (χ0v) is 8.18. The van der Waals surface area contributed by atoms with Gasteiger partial charge in [0.15, 0.2) is 0 Å². The maximum Gasteiger partial charge on any atom is 0.216 e. The van der Waals surface area contributed by atoms with E-state index in [-0.39, 0.29) is 45.2 Å². The summed E-state index contributed by atoms with van der Waals surface area (Å²) in [5.41, 5.74) is 0. The zero-order valence-electron chi connectivity index (χ0n) is 3.26. The van der Waals surface area contributed by atoms with Gasteiger partial charge < -0.3 is 4.74 Å². The van der Waals surface area contributed by atoms with E-state index in [1.54, 1.807) is 0 Å². The molecule has 0 aliphatic heterocycles. The number of thiol groups is 1. The fourth-order valence-electron chi connectivity index (χ4n) is 0. The molecule has 0 aromatic carbocycles. The summed E-state index contributed by atoms with van der Waals surface area (Å²) >= 11 is 7.95. The molecule has 0 N–H and O–H groups in total. The topological polar surface area (TPSA) is 9.23 Å². The first kappa shape index (κ1) is 10.5. The fraction of sp³-hybridized carbons (Fsp3) is 0.500. The van der Waals surface area contributed by atoms with Gasteiger partial charge in [-0.1, -0.05) is 12.6 Å². The van der Waals surface area contributed by atoms with E-state index in [9.17, 15) is 0 Å². The number of thiocarbonyl (C=S) groups is 1. The predicted octanol–water partition coefficient (Wildman–Crippen LogP) is 0.847. The molecule has 0 unspecified atom stereocenters. The SMILES string of the molecule is COC(=S)S.[Nd]. The van der Waals surface area contributed by atoms with Gasteiger partial charge in [-0.05, 0) is 12.2 Å². The van der Waals surface area contributed by atoms with Crippen molar-refractivity contribution in [1.29, 1.82) is 0 Å². The molecule has 0 saturated heterocycles. The monoisotopic (exact) mass is 250 g/mol. The molecule has 0 aliphatic carbocycles. The van der Waals surface area contributed by atoms with Gasteiger partial charge in [-0.2, -0.15) is 0 Å². The van der Waals surface area contributed by atoms with Crippen LogP contribution < -0.4 is 0 Å². The first-order chi connectivity index (χ1) is 2.27. The Kier molecular flexibility index (Phi) is 11.6. The minimum atomic E-state index is 0. The van der Waals surface area contributed by atoms with Gasteiger partial charge in [0, 0.05) is 40.8 Å². The van der Waals surface area contributed by atoms with Crippen LogP contribution in [0.1, 0.15) is 0 Å². The average Bonchev–Trinajstić information content (AvgIpc) is 1.38. The second-order valence-electron chi connectivity index (χ2n) is 0.470. The van der Waals surface area contributed by atoms with E-state index < -0.39 is 0 Å². The predicted molar refractivity (Wildman–Crippen MR) is 28.6 cm³/mol. The fourth-order valence-corrected chi connectivity index (χ4v) is 0. The third-order valence-electron chi connectivity index (χ3n) is 0.175. The molecule has 0 aromatic heterocycles. The Morgan fingerprint density at radius 3 is 2.00 bits per heavy atom. The van der Waals surface area contributed by atoms with Crippen LogP contribution in [-0.2, 0) is 4.74 Å². The van der Waals surface area contributed by atoms with Crippen molar-refractivity contribution in [2.24, 2.45) is 0 Å². The first-order valence-corrected chi connectivity index (χ1v) is 1.90. The van der Waals surface area contributed by atoms with Crippen LogP contribution in [0.3, 0.4) is 0 Å². The molecule has 0 aliphatic rings. The Bertz CT molecular complexity index is 46.8. The molecule has 0 spiro atoms. The molecule has 0 amide bonds. The standard InChI is InChI=1S/C2H4OS2.Nd/c1-3-2(4)5;/h1H3,(H,4,5);. The van der Waals surface area contributed by atoms with Gasteiger partial charge in [0.2, 0.25) is 4.38 Å². The van der Waals surface area contributed by atoms with Gasteiger partial charge in [-0.3, -0.25) is 0 Å². The summed E-state index contributed by atoms with van der Waals surface area (Å²) in [5.74, 6) is 0. The number of ether oxygens (including phenoxy) is 1. The normalized spacial score (nSPS) is 5.67. The summed E-state index contributed by atoms with van der Waals surface area (Å²) < 4.78 is 4.63. The molecule has 0 heterocycles. The molecule has 0 bridgehead atoms. The van der Waals surface area contributed by atoms with E-state index >= 15 is 0 Å². The van der Waals surface area contributed by atoms with Crippen LogP contribution in [-0.4, -0.2) is 11.5 Å². The van der Waals surface area contributed by atoms with Crippen LogP contribution >= 0.6 is 24.8 Å². The van der Waals surface area contributed by atoms with Crippen molar-refractivity contribution in [3.63, 3.8) is 0 Å². The molecule has 34 valence electrons. The van der Waals surface area contributed by atoms with E-state index in [1.165, 1.54) is 7.11 Å². The molecule has 0 radical (unpaired) electrons. The molecule has 0 fully saturated rings. The minimum absolute atomic E-state index is 0. The van der Waals surface area contributed by atoms with Gasteiger partial charge in [-0.25, -0.2) is 0 Å². The smallest absolute Gasteiger partial charge is 0.216 e. The summed E-state index contributed by atoms with van der Waals surface area (Å²) in [5, 5.41) is 0. The number of hydrogen-bond acceptors (Lipinski definition) is 2. The van der Waals surface area contributed by atoms with E-state index in [0.29, 0.717) is 0 Å². The van der Waals surface area contributed by atoms with Crippen LogP contribution in [0, 0.1) is 40.8 Å². The van der Waals surface area contributed by atoms with Crippen LogP contribution in [0.25, 0.3) is 0 Å². The third-order valence-corrected chi connectivity index (χ3v) is 0.524. The largest absolute Gasteiger partial charge is 0.482 e. The molecular formula is C2H4NdOS2. The van der Waals surface area contributed by atoms with Crippen molar-refractivity contribution in [3.8, 4) is 0 Å².